The van der Waals surface area contributed by atoms with Gasteiger partial charge in [0.25, 0.3) is 0 Å². The maximum absolute atomic E-state index is 2.31. The molecule has 0 heteroatoms. The second-order valence-electron chi connectivity index (χ2n) is 4.11. The molecule has 0 amide bonds. The van der Waals surface area contributed by atoms with Gasteiger partial charge in [-0.3, -0.25) is 0 Å². The molecule has 0 aromatic heterocycles. The minimum Gasteiger partial charge on any atom is -0.0852 e. The van der Waals surface area contributed by atoms with Crippen LogP contribution in [0.25, 0.3) is 0 Å². The lowest BCUT2D eigenvalue weighted by atomic mass is 9.94. The van der Waals surface area contributed by atoms with Gasteiger partial charge in [0, 0.05) is 0 Å². The molecule has 0 heterocycles. The maximum Gasteiger partial charge on any atom is -0.0203 e. The van der Waals surface area contributed by atoms with Crippen LogP contribution in [0, 0.1) is 11.3 Å². The molecular weight excluding hydrogens is 120 g/mol. The van der Waals surface area contributed by atoms with Gasteiger partial charge in [-0.05, 0) is 11.3 Å². The third-order valence-corrected chi connectivity index (χ3v) is 1.57. The van der Waals surface area contributed by atoms with Gasteiger partial charge < -0.3 is 0 Å². The van der Waals surface area contributed by atoms with Gasteiger partial charge in [0.2, 0.25) is 0 Å². The predicted molar refractivity (Wildman–Crippen MR) is 48.1 cm³/mol. The minimum atomic E-state index is 0.351. The van der Waals surface area contributed by atoms with Crippen molar-refractivity contribution in [3.8, 4) is 0 Å². The SMILES string of the molecule is CCC(C)/C=C/C(C)(C)C. The number of hydrogen-bond acceptors (Lipinski definition) is 0. The van der Waals surface area contributed by atoms with Gasteiger partial charge >= 0.3 is 0 Å². The van der Waals surface area contributed by atoms with Crippen molar-refractivity contribution in [3.05, 3.63) is 12.2 Å². The summed E-state index contributed by atoms with van der Waals surface area (Å²) in [6, 6.07) is 0. The van der Waals surface area contributed by atoms with E-state index >= 15 is 0 Å². The average Bonchev–Trinajstić information content (AvgIpc) is 1.81. The van der Waals surface area contributed by atoms with E-state index in [1.165, 1.54) is 6.42 Å². The molecule has 0 saturated heterocycles. The van der Waals surface area contributed by atoms with E-state index in [1.807, 2.05) is 0 Å². The molecule has 0 fully saturated rings. The van der Waals surface area contributed by atoms with E-state index in [9.17, 15) is 0 Å². The van der Waals surface area contributed by atoms with Crippen LogP contribution >= 0.6 is 0 Å². The van der Waals surface area contributed by atoms with Crippen LogP contribution < -0.4 is 0 Å². The maximum atomic E-state index is 2.31. The fourth-order valence-corrected chi connectivity index (χ4v) is 0.589. The van der Waals surface area contributed by atoms with E-state index in [4.69, 9.17) is 0 Å². The highest BCUT2D eigenvalue weighted by Crippen LogP contribution is 2.16. The molecule has 1 atom stereocenters. The highest BCUT2D eigenvalue weighted by molar-refractivity contribution is 4.94. The van der Waals surface area contributed by atoms with Crippen LogP contribution in [0.2, 0.25) is 0 Å². The summed E-state index contributed by atoms with van der Waals surface area (Å²) in [7, 11) is 0. The molecule has 0 aromatic carbocycles. The largest absolute Gasteiger partial charge is 0.0852 e. The first-order valence-electron chi connectivity index (χ1n) is 4.15. The van der Waals surface area contributed by atoms with Crippen molar-refractivity contribution in [2.24, 2.45) is 11.3 Å². The average molecular weight is 140 g/mol. The molecule has 0 nitrogen and oxygen atoms in total. The molecule has 0 aliphatic carbocycles. The summed E-state index contributed by atoms with van der Waals surface area (Å²) in [4.78, 5) is 0. The molecule has 0 N–H and O–H groups in total. The van der Waals surface area contributed by atoms with Crippen molar-refractivity contribution >= 4 is 0 Å². The normalized spacial score (nSPS) is 16.1. The Bertz CT molecular complexity index is 104. The predicted octanol–water partition coefficient (Wildman–Crippen LogP) is 3.63. The summed E-state index contributed by atoms with van der Waals surface area (Å²) in [5.41, 5.74) is 0.351. The molecule has 0 spiro atoms. The highest BCUT2D eigenvalue weighted by Gasteiger charge is 2.03. The van der Waals surface area contributed by atoms with Gasteiger partial charge in [-0.15, -0.1) is 0 Å². The Labute approximate surface area is 65.3 Å². The zero-order valence-electron chi connectivity index (χ0n) is 7.94. The fourth-order valence-electron chi connectivity index (χ4n) is 0.589. The molecule has 0 aromatic rings. The summed E-state index contributed by atoms with van der Waals surface area (Å²) < 4.78 is 0. The van der Waals surface area contributed by atoms with Gasteiger partial charge in [-0.1, -0.05) is 53.2 Å². The summed E-state index contributed by atoms with van der Waals surface area (Å²) >= 11 is 0. The summed E-state index contributed by atoms with van der Waals surface area (Å²) in [5, 5.41) is 0. The smallest absolute Gasteiger partial charge is 0.0203 e. The first-order valence-corrected chi connectivity index (χ1v) is 4.15. The molecule has 10 heavy (non-hydrogen) atoms. The third-order valence-electron chi connectivity index (χ3n) is 1.57. The highest BCUT2D eigenvalue weighted by atomic mass is 14.1. The van der Waals surface area contributed by atoms with Crippen molar-refractivity contribution in [1.29, 1.82) is 0 Å². The van der Waals surface area contributed by atoms with Crippen LogP contribution in [-0.2, 0) is 0 Å². The Hall–Kier alpha value is -0.260. The standard InChI is InChI=1S/C10H20/c1-6-9(2)7-8-10(3,4)5/h7-9H,6H2,1-5H3/b8-7+. The van der Waals surface area contributed by atoms with E-state index in [0.29, 0.717) is 5.41 Å². The quantitative estimate of drug-likeness (QED) is 0.514. The number of allylic oxidation sites excluding steroid dienone is 2. The molecule has 0 rings (SSSR count). The summed E-state index contributed by atoms with van der Waals surface area (Å²) in [6.45, 7) is 11.2. The van der Waals surface area contributed by atoms with Crippen LogP contribution in [0.15, 0.2) is 12.2 Å². The van der Waals surface area contributed by atoms with Gasteiger partial charge in [0.05, 0.1) is 0 Å². The van der Waals surface area contributed by atoms with E-state index < -0.39 is 0 Å². The van der Waals surface area contributed by atoms with Gasteiger partial charge in [0.1, 0.15) is 0 Å². The van der Waals surface area contributed by atoms with E-state index in [0.717, 1.165) is 5.92 Å². The van der Waals surface area contributed by atoms with Crippen LogP contribution in [0.1, 0.15) is 41.0 Å². The fraction of sp³-hybridized carbons (Fsp3) is 0.800. The summed E-state index contributed by atoms with van der Waals surface area (Å²) in [5.74, 6) is 0.735. The van der Waals surface area contributed by atoms with Crippen molar-refractivity contribution in [3.63, 3.8) is 0 Å². The van der Waals surface area contributed by atoms with E-state index in [1.54, 1.807) is 0 Å². The Balaban J connectivity index is 3.75. The zero-order valence-corrected chi connectivity index (χ0v) is 7.94. The second kappa shape index (κ2) is 3.80. The van der Waals surface area contributed by atoms with Crippen LogP contribution in [0.3, 0.4) is 0 Å². The molecular formula is C10H20. The minimum absolute atomic E-state index is 0.351. The molecule has 1 unspecified atom stereocenters. The number of rotatable bonds is 2. The van der Waals surface area contributed by atoms with Crippen molar-refractivity contribution < 1.29 is 0 Å². The molecule has 0 radical (unpaired) electrons. The molecule has 0 aliphatic rings. The lowest BCUT2D eigenvalue weighted by Gasteiger charge is -2.12. The Kier molecular flexibility index (Phi) is 3.70. The lowest BCUT2D eigenvalue weighted by molar-refractivity contribution is 0.535. The van der Waals surface area contributed by atoms with Crippen molar-refractivity contribution in [2.45, 2.75) is 41.0 Å². The Morgan fingerprint density at radius 3 is 2.10 bits per heavy atom. The summed E-state index contributed by atoms with van der Waals surface area (Å²) in [6.07, 6.45) is 5.84. The van der Waals surface area contributed by atoms with Gasteiger partial charge in [-0.2, -0.15) is 0 Å². The first-order chi connectivity index (χ1) is 4.45. The molecule has 0 aliphatic heterocycles. The Morgan fingerprint density at radius 2 is 1.80 bits per heavy atom. The second-order valence-corrected chi connectivity index (χ2v) is 4.11. The van der Waals surface area contributed by atoms with Crippen LogP contribution in [0.5, 0.6) is 0 Å². The van der Waals surface area contributed by atoms with Crippen LogP contribution in [-0.4, -0.2) is 0 Å². The van der Waals surface area contributed by atoms with Crippen LogP contribution in [0.4, 0.5) is 0 Å². The third kappa shape index (κ3) is 5.87. The molecule has 0 bridgehead atoms. The topological polar surface area (TPSA) is 0 Å². The zero-order chi connectivity index (χ0) is 8.20. The first kappa shape index (κ1) is 9.74. The van der Waals surface area contributed by atoms with Gasteiger partial charge in [-0.25, -0.2) is 0 Å². The van der Waals surface area contributed by atoms with Crippen molar-refractivity contribution in [1.82, 2.24) is 0 Å². The van der Waals surface area contributed by atoms with Crippen molar-refractivity contribution in [2.75, 3.05) is 0 Å². The molecule has 60 valence electrons. The van der Waals surface area contributed by atoms with Gasteiger partial charge in [0.15, 0.2) is 0 Å². The van der Waals surface area contributed by atoms with E-state index in [-0.39, 0.29) is 0 Å². The Morgan fingerprint density at radius 1 is 1.30 bits per heavy atom. The number of hydrogen-bond donors (Lipinski definition) is 0. The monoisotopic (exact) mass is 140 g/mol. The lowest BCUT2D eigenvalue weighted by Crippen LogP contribution is -1.99. The molecule has 0 saturated carbocycles. The van der Waals surface area contributed by atoms with E-state index in [2.05, 4.69) is 46.8 Å².